The Balaban J connectivity index is 1.85. The quantitative estimate of drug-likeness (QED) is 0.519. The van der Waals surface area contributed by atoms with Crippen molar-refractivity contribution in [2.75, 3.05) is 36.5 Å². The molecule has 0 aromatic heterocycles. The number of alkyl halides is 2. The van der Waals surface area contributed by atoms with Crippen molar-refractivity contribution in [3.05, 3.63) is 18.2 Å². The predicted octanol–water partition coefficient (Wildman–Crippen LogP) is 1.56. The number of nitrogens with zero attached hydrogens (tertiary/aromatic N) is 2. The summed E-state index contributed by atoms with van der Waals surface area (Å²) in [5.41, 5.74) is 5.82. The number of anilines is 2. The van der Waals surface area contributed by atoms with Gasteiger partial charge in [0, 0.05) is 30.9 Å². The zero-order valence-electron chi connectivity index (χ0n) is 18.1. The number of ether oxygens (including phenoxy) is 2. The molecule has 1 heterocycles. The molecule has 1 saturated heterocycles. The summed E-state index contributed by atoms with van der Waals surface area (Å²) in [5.74, 6) is -2.00. The molecule has 11 heteroatoms. The fourth-order valence-electron chi connectivity index (χ4n) is 3.70. The number of carbonyl (C=O) groups excluding carboxylic acids is 3. The Labute approximate surface area is 184 Å². The Morgan fingerprint density at radius 3 is 2.62 bits per heavy atom. The van der Waals surface area contributed by atoms with Gasteiger partial charge in [-0.3, -0.25) is 19.3 Å². The minimum absolute atomic E-state index is 0.0497. The standard InChI is InChI=1S/C21H28F2N4O5/c1-12(2)10-27(13-3-4-13)18(19(24)29)20(30)25-15-6-5-14(9-16(15)32-21(22)23)26-7-8-31-11-17(26)28/h5-6,9,12-13,18,21H,3-4,7-8,10-11H2,1-2H3,(H2,24,29)(H,25,30)/t18-/m1/s1. The van der Waals surface area contributed by atoms with Crippen LogP contribution < -0.4 is 20.7 Å². The molecule has 32 heavy (non-hydrogen) atoms. The van der Waals surface area contributed by atoms with Crippen molar-refractivity contribution in [3.63, 3.8) is 0 Å². The lowest BCUT2D eigenvalue weighted by molar-refractivity contribution is -0.133. The first-order valence-corrected chi connectivity index (χ1v) is 10.5. The first kappa shape index (κ1) is 23.9. The smallest absolute Gasteiger partial charge is 0.387 e. The number of amides is 3. The molecule has 9 nitrogen and oxygen atoms in total. The average molecular weight is 454 g/mol. The Morgan fingerprint density at radius 2 is 2.06 bits per heavy atom. The van der Waals surface area contributed by atoms with E-state index in [4.69, 9.17) is 10.5 Å². The minimum atomic E-state index is -3.16. The molecular formula is C21H28F2N4O5. The van der Waals surface area contributed by atoms with Crippen molar-refractivity contribution in [1.82, 2.24) is 4.90 Å². The third-order valence-corrected chi connectivity index (χ3v) is 5.18. The summed E-state index contributed by atoms with van der Waals surface area (Å²) >= 11 is 0. The van der Waals surface area contributed by atoms with E-state index >= 15 is 0 Å². The summed E-state index contributed by atoms with van der Waals surface area (Å²) in [6, 6.07) is 2.94. The van der Waals surface area contributed by atoms with Crippen LogP contribution >= 0.6 is 0 Å². The van der Waals surface area contributed by atoms with Crippen LogP contribution in [0, 0.1) is 5.92 Å². The molecule has 2 aliphatic rings. The third-order valence-electron chi connectivity index (χ3n) is 5.18. The maximum atomic E-state index is 13.0. The second-order valence-electron chi connectivity index (χ2n) is 8.27. The molecule has 3 rings (SSSR count). The summed E-state index contributed by atoms with van der Waals surface area (Å²) in [7, 11) is 0. The van der Waals surface area contributed by atoms with Gasteiger partial charge in [-0.15, -0.1) is 0 Å². The van der Waals surface area contributed by atoms with E-state index in [0.29, 0.717) is 18.8 Å². The summed E-state index contributed by atoms with van der Waals surface area (Å²) < 4.78 is 35.8. The van der Waals surface area contributed by atoms with E-state index in [0.717, 1.165) is 12.8 Å². The number of hydrogen-bond donors (Lipinski definition) is 2. The number of benzene rings is 1. The van der Waals surface area contributed by atoms with Crippen LogP contribution in [-0.4, -0.2) is 67.6 Å². The largest absolute Gasteiger partial charge is 0.433 e. The van der Waals surface area contributed by atoms with Crippen LogP contribution in [0.5, 0.6) is 5.75 Å². The molecule has 0 radical (unpaired) electrons. The molecule has 0 bridgehead atoms. The fraction of sp³-hybridized carbons (Fsp3) is 0.571. The first-order chi connectivity index (χ1) is 15.2. The number of halogens is 2. The van der Waals surface area contributed by atoms with Crippen LogP contribution in [0.1, 0.15) is 26.7 Å². The molecule has 1 atom stereocenters. The highest BCUT2D eigenvalue weighted by Gasteiger charge is 2.40. The van der Waals surface area contributed by atoms with Crippen LogP contribution in [0.2, 0.25) is 0 Å². The minimum Gasteiger partial charge on any atom is -0.433 e. The maximum absolute atomic E-state index is 13.0. The van der Waals surface area contributed by atoms with Crippen LogP contribution in [0.25, 0.3) is 0 Å². The van der Waals surface area contributed by atoms with E-state index in [1.807, 2.05) is 13.8 Å². The topological polar surface area (TPSA) is 114 Å². The van der Waals surface area contributed by atoms with Gasteiger partial charge in [0.25, 0.3) is 11.8 Å². The Morgan fingerprint density at radius 1 is 1.34 bits per heavy atom. The lowest BCUT2D eigenvalue weighted by Gasteiger charge is -2.30. The normalized spacial score (nSPS) is 17.7. The first-order valence-electron chi connectivity index (χ1n) is 10.5. The third kappa shape index (κ3) is 5.92. The van der Waals surface area contributed by atoms with Gasteiger partial charge >= 0.3 is 6.61 Å². The zero-order chi connectivity index (χ0) is 23.4. The highest BCUT2D eigenvalue weighted by molar-refractivity contribution is 6.10. The lowest BCUT2D eigenvalue weighted by atomic mass is 10.1. The van der Waals surface area contributed by atoms with E-state index in [9.17, 15) is 23.2 Å². The molecule has 3 N–H and O–H groups in total. The second kappa shape index (κ2) is 10.2. The van der Waals surface area contributed by atoms with Crippen molar-refractivity contribution in [1.29, 1.82) is 0 Å². The highest BCUT2D eigenvalue weighted by Crippen LogP contribution is 2.33. The van der Waals surface area contributed by atoms with E-state index in [-0.39, 0.29) is 42.5 Å². The van der Waals surface area contributed by atoms with Gasteiger partial charge in [-0.1, -0.05) is 13.8 Å². The van der Waals surface area contributed by atoms with Crippen LogP contribution in [-0.2, 0) is 19.1 Å². The van der Waals surface area contributed by atoms with Gasteiger partial charge in [0.15, 0.2) is 11.8 Å². The number of rotatable bonds is 10. The number of hydrogen-bond acceptors (Lipinski definition) is 6. The Kier molecular flexibility index (Phi) is 7.62. The molecule has 3 amide bonds. The maximum Gasteiger partial charge on any atom is 0.387 e. The molecule has 1 aromatic rings. The van der Waals surface area contributed by atoms with Gasteiger partial charge in [0.2, 0.25) is 5.91 Å². The van der Waals surface area contributed by atoms with Gasteiger partial charge in [0.05, 0.1) is 12.3 Å². The van der Waals surface area contributed by atoms with Crippen molar-refractivity contribution in [2.24, 2.45) is 11.7 Å². The molecule has 176 valence electrons. The summed E-state index contributed by atoms with van der Waals surface area (Å²) in [6.45, 7) is 1.71. The van der Waals surface area contributed by atoms with Crippen molar-refractivity contribution < 1.29 is 32.6 Å². The molecule has 0 spiro atoms. The number of nitrogens with two attached hydrogens (primary N) is 1. The molecule has 1 saturated carbocycles. The zero-order valence-corrected chi connectivity index (χ0v) is 18.1. The predicted molar refractivity (Wildman–Crippen MR) is 112 cm³/mol. The van der Waals surface area contributed by atoms with E-state index in [1.54, 1.807) is 4.90 Å². The van der Waals surface area contributed by atoms with Crippen LogP contribution in [0.15, 0.2) is 18.2 Å². The molecule has 1 aliphatic carbocycles. The number of primary amides is 1. The number of morpholine rings is 1. The summed E-state index contributed by atoms with van der Waals surface area (Å²) in [4.78, 5) is 40.4. The van der Waals surface area contributed by atoms with E-state index in [1.165, 1.54) is 23.1 Å². The number of carbonyl (C=O) groups is 3. The summed E-state index contributed by atoms with van der Waals surface area (Å²) in [6.07, 6.45) is 1.71. The van der Waals surface area contributed by atoms with Crippen LogP contribution in [0.3, 0.4) is 0 Å². The van der Waals surface area contributed by atoms with E-state index < -0.39 is 24.5 Å². The van der Waals surface area contributed by atoms with Gasteiger partial charge in [-0.2, -0.15) is 8.78 Å². The fourth-order valence-corrected chi connectivity index (χ4v) is 3.70. The summed E-state index contributed by atoms with van der Waals surface area (Å²) in [5, 5.41) is 2.51. The monoisotopic (exact) mass is 454 g/mol. The second-order valence-corrected chi connectivity index (χ2v) is 8.27. The Hall–Kier alpha value is -2.79. The Bertz CT molecular complexity index is 863. The molecule has 2 fully saturated rings. The van der Waals surface area contributed by atoms with Gasteiger partial charge in [-0.25, -0.2) is 0 Å². The van der Waals surface area contributed by atoms with Gasteiger partial charge in [-0.05, 0) is 30.9 Å². The van der Waals surface area contributed by atoms with Gasteiger partial charge < -0.3 is 25.4 Å². The van der Waals surface area contributed by atoms with Crippen molar-refractivity contribution in [2.45, 2.75) is 45.4 Å². The van der Waals surface area contributed by atoms with Crippen molar-refractivity contribution >= 4 is 29.1 Å². The molecule has 1 aromatic carbocycles. The average Bonchev–Trinajstić information content (AvgIpc) is 3.53. The van der Waals surface area contributed by atoms with Crippen LogP contribution in [0.4, 0.5) is 20.2 Å². The molecule has 1 aliphatic heterocycles. The molecular weight excluding hydrogens is 426 g/mol. The highest BCUT2D eigenvalue weighted by atomic mass is 19.3. The number of nitrogens with one attached hydrogen (secondary N) is 1. The van der Waals surface area contributed by atoms with Crippen molar-refractivity contribution in [3.8, 4) is 5.75 Å². The van der Waals surface area contributed by atoms with E-state index in [2.05, 4.69) is 10.1 Å². The van der Waals surface area contributed by atoms with Gasteiger partial charge in [0.1, 0.15) is 6.61 Å². The SMILES string of the molecule is CC(C)CN(C1CC1)[C@H](C(N)=O)C(=O)Nc1ccc(N2CCOCC2=O)cc1OC(F)F. The molecule has 0 unspecified atom stereocenters. The lowest BCUT2D eigenvalue weighted by Crippen LogP contribution is -2.54.